The Morgan fingerprint density at radius 3 is 2.84 bits per heavy atom. The lowest BCUT2D eigenvalue weighted by atomic mass is 10.00. The molecule has 1 atom stereocenters. The first kappa shape index (κ1) is 13.6. The molecular formula is C15H18FN3. The number of nitrogens with zero attached hydrogens (tertiary/aromatic N) is 2. The highest BCUT2D eigenvalue weighted by molar-refractivity contribution is 5.32. The zero-order valence-electron chi connectivity index (χ0n) is 11.2. The van der Waals surface area contributed by atoms with E-state index in [1.165, 1.54) is 6.07 Å². The topological polar surface area (TPSA) is 37.8 Å². The zero-order chi connectivity index (χ0) is 13.7. The number of aromatic nitrogens is 2. The van der Waals surface area contributed by atoms with Gasteiger partial charge in [0.2, 0.25) is 0 Å². The first-order valence-corrected chi connectivity index (χ1v) is 6.48. The molecule has 0 aliphatic heterocycles. The molecule has 0 bridgehead atoms. The number of rotatable bonds is 5. The summed E-state index contributed by atoms with van der Waals surface area (Å²) in [5.41, 5.74) is 2.47. The largest absolute Gasteiger partial charge is 0.305 e. The van der Waals surface area contributed by atoms with Crippen molar-refractivity contribution >= 4 is 0 Å². The maximum atomic E-state index is 14.0. The van der Waals surface area contributed by atoms with E-state index in [0.29, 0.717) is 5.69 Å². The first-order valence-electron chi connectivity index (χ1n) is 6.48. The van der Waals surface area contributed by atoms with Crippen molar-refractivity contribution in [3.05, 3.63) is 59.4 Å². The van der Waals surface area contributed by atoms with Crippen molar-refractivity contribution in [3.63, 3.8) is 0 Å². The minimum absolute atomic E-state index is 0.255. The van der Waals surface area contributed by atoms with Crippen LogP contribution in [0.3, 0.4) is 0 Å². The maximum absolute atomic E-state index is 14.0. The van der Waals surface area contributed by atoms with Crippen molar-refractivity contribution in [1.82, 2.24) is 15.3 Å². The molecule has 19 heavy (non-hydrogen) atoms. The van der Waals surface area contributed by atoms with E-state index in [9.17, 15) is 4.39 Å². The van der Waals surface area contributed by atoms with Crippen LogP contribution in [0.5, 0.6) is 0 Å². The molecule has 1 N–H and O–H groups in total. The fraction of sp³-hybridized carbons (Fsp3) is 0.333. The quantitative estimate of drug-likeness (QED) is 0.897. The molecule has 3 nitrogen and oxygen atoms in total. The standard InChI is InChI=1S/C15H18FN3/c1-3-7-18-14(12-10-17-9-6-11(12)2)15-13(16)5-4-8-19-15/h4-6,8-10,14,18H,3,7H2,1-2H3. The van der Waals surface area contributed by atoms with Crippen LogP contribution in [0.1, 0.15) is 36.2 Å². The second kappa shape index (κ2) is 6.38. The third-order valence-corrected chi connectivity index (χ3v) is 3.05. The number of aryl methyl sites for hydroxylation is 1. The van der Waals surface area contributed by atoms with Gasteiger partial charge < -0.3 is 5.32 Å². The van der Waals surface area contributed by atoms with Crippen LogP contribution in [0, 0.1) is 12.7 Å². The summed E-state index contributed by atoms with van der Waals surface area (Å²) < 4.78 is 14.0. The highest BCUT2D eigenvalue weighted by Gasteiger charge is 2.20. The van der Waals surface area contributed by atoms with E-state index in [0.717, 1.165) is 24.1 Å². The number of hydrogen-bond donors (Lipinski definition) is 1. The molecule has 2 heterocycles. The van der Waals surface area contributed by atoms with E-state index in [-0.39, 0.29) is 11.9 Å². The number of nitrogens with one attached hydrogen (secondary N) is 1. The molecule has 0 saturated carbocycles. The van der Waals surface area contributed by atoms with Gasteiger partial charge >= 0.3 is 0 Å². The molecule has 2 aromatic rings. The van der Waals surface area contributed by atoms with Gasteiger partial charge in [-0.3, -0.25) is 9.97 Å². The summed E-state index contributed by atoms with van der Waals surface area (Å²) in [6.45, 7) is 4.88. The van der Waals surface area contributed by atoms with Crippen molar-refractivity contribution in [2.45, 2.75) is 26.3 Å². The molecule has 0 aliphatic rings. The van der Waals surface area contributed by atoms with Gasteiger partial charge in [-0.25, -0.2) is 4.39 Å². The lowest BCUT2D eigenvalue weighted by Crippen LogP contribution is -2.26. The zero-order valence-corrected chi connectivity index (χ0v) is 11.2. The first-order chi connectivity index (χ1) is 9.24. The van der Waals surface area contributed by atoms with Crippen LogP contribution in [0.2, 0.25) is 0 Å². The van der Waals surface area contributed by atoms with Gasteiger partial charge in [0, 0.05) is 18.6 Å². The van der Waals surface area contributed by atoms with E-state index in [1.54, 1.807) is 24.7 Å². The highest BCUT2D eigenvalue weighted by Crippen LogP contribution is 2.24. The Hall–Kier alpha value is -1.81. The summed E-state index contributed by atoms with van der Waals surface area (Å²) in [6.07, 6.45) is 6.11. The van der Waals surface area contributed by atoms with Gasteiger partial charge in [0.25, 0.3) is 0 Å². The normalized spacial score (nSPS) is 12.4. The minimum atomic E-state index is -0.292. The average molecular weight is 259 g/mol. The Kier molecular flexibility index (Phi) is 4.58. The van der Waals surface area contributed by atoms with Gasteiger partial charge in [0.15, 0.2) is 0 Å². The third-order valence-electron chi connectivity index (χ3n) is 3.05. The lowest BCUT2D eigenvalue weighted by molar-refractivity contribution is 0.529. The summed E-state index contributed by atoms with van der Waals surface area (Å²) in [4.78, 5) is 8.32. The fourth-order valence-corrected chi connectivity index (χ4v) is 2.03. The molecule has 0 fully saturated rings. The predicted octanol–water partition coefficient (Wildman–Crippen LogP) is 3.01. The van der Waals surface area contributed by atoms with Crippen LogP contribution in [-0.4, -0.2) is 16.5 Å². The molecule has 2 rings (SSSR count). The molecule has 2 aromatic heterocycles. The molecule has 100 valence electrons. The number of halogens is 1. The molecule has 0 saturated heterocycles. The van der Waals surface area contributed by atoms with E-state index in [2.05, 4.69) is 22.2 Å². The van der Waals surface area contributed by atoms with Crippen molar-refractivity contribution in [2.75, 3.05) is 6.54 Å². The molecule has 1 unspecified atom stereocenters. The van der Waals surface area contributed by atoms with Crippen LogP contribution in [0.25, 0.3) is 0 Å². The Morgan fingerprint density at radius 2 is 2.16 bits per heavy atom. The van der Waals surface area contributed by atoms with Crippen molar-refractivity contribution < 1.29 is 4.39 Å². The van der Waals surface area contributed by atoms with Gasteiger partial charge in [-0.2, -0.15) is 0 Å². The number of hydrogen-bond acceptors (Lipinski definition) is 3. The molecule has 0 spiro atoms. The smallest absolute Gasteiger partial charge is 0.146 e. The summed E-state index contributed by atoms with van der Waals surface area (Å²) in [5, 5.41) is 3.34. The minimum Gasteiger partial charge on any atom is -0.305 e. The van der Waals surface area contributed by atoms with Gasteiger partial charge in [-0.15, -0.1) is 0 Å². The fourth-order valence-electron chi connectivity index (χ4n) is 2.03. The second-order valence-electron chi connectivity index (χ2n) is 4.49. The van der Waals surface area contributed by atoms with Crippen molar-refractivity contribution in [1.29, 1.82) is 0 Å². The molecular weight excluding hydrogens is 241 g/mol. The summed E-state index contributed by atoms with van der Waals surface area (Å²) in [5.74, 6) is -0.292. The highest BCUT2D eigenvalue weighted by atomic mass is 19.1. The van der Waals surface area contributed by atoms with Gasteiger partial charge in [-0.05, 0) is 49.2 Å². The molecule has 4 heteroatoms. The predicted molar refractivity (Wildman–Crippen MR) is 73.3 cm³/mol. The summed E-state index contributed by atoms with van der Waals surface area (Å²) in [7, 11) is 0. The second-order valence-corrected chi connectivity index (χ2v) is 4.49. The molecule has 0 amide bonds. The average Bonchev–Trinajstić information content (AvgIpc) is 2.42. The van der Waals surface area contributed by atoms with Crippen LogP contribution in [0.4, 0.5) is 4.39 Å². The van der Waals surface area contributed by atoms with Crippen LogP contribution in [0.15, 0.2) is 36.8 Å². The Bertz CT molecular complexity index is 497. The van der Waals surface area contributed by atoms with Gasteiger partial charge in [0.05, 0.1) is 11.7 Å². The van der Waals surface area contributed by atoms with Crippen LogP contribution >= 0.6 is 0 Å². The van der Waals surface area contributed by atoms with Crippen molar-refractivity contribution in [2.24, 2.45) is 0 Å². The SMILES string of the molecule is CCCNC(c1cnccc1C)c1ncccc1F. The van der Waals surface area contributed by atoms with Gasteiger partial charge in [-0.1, -0.05) is 6.92 Å². The monoisotopic (exact) mass is 259 g/mol. The Morgan fingerprint density at radius 1 is 1.32 bits per heavy atom. The molecule has 0 aromatic carbocycles. The maximum Gasteiger partial charge on any atom is 0.146 e. The Balaban J connectivity index is 2.42. The lowest BCUT2D eigenvalue weighted by Gasteiger charge is -2.20. The summed E-state index contributed by atoms with van der Waals surface area (Å²) >= 11 is 0. The van der Waals surface area contributed by atoms with E-state index >= 15 is 0 Å². The van der Waals surface area contributed by atoms with Gasteiger partial charge in [0.1, 0.15) is 5.82 Å². The van der Waals surface area contributed by atoms with Crippen LogP contribution in [-0.2, 0) is 0 Å². The Labute approximate surface area is 112 Å². The van der Waals surface area contributed by atoms with Crippen molar-refractivity contribution in [3.8, 4) is 0 Å². The molecule has 0 aliphatic carbocycles. The summed E-state index contributed by atoms with van der Waals surface area (Å²) in [6, 6.07) is 4.71. The number of pyridine rings is 2. The van der Waals surface area contributed by atoms with Crippen LogP contribution < -0.4 is 5.32 Å². The van der Waals surface area contributed by atoms with E-state index < -0.39 is 0 Å². The van der Waals surface area contributed by atoms with E-state index in [4.69, 9.17) is 0 Å². The van der Waals surface area contributed by atoms with E-state index in [1.807, 2.05) is 13.0 Å². The molecule has 0 radical (unpaired) electrons. The third kappa shape index (κ3) is 3.15.